The second-order valence-corrected chi connectivity index (χ2v) is 10.4. The van der Waals surface area contributed by atoms with Crippen LogP contribution in [0.3, 0.4) is 0 Å². The molecule has 7 heteroatoms. The first kappa shape index (κ1) is 20.4. The zero-order valence-corrected chi connectivity index (χ0v) is 18.6. The molecule has 0 spiro atoms. The van der Waals surface area contributed by atoms with Crippen LogP contribution < -0.4 is 4.72 Å². The first-order chi connectivity index (χ1) is 15.0. The second-order valence-electron chi connectivity index (χ2n) is 8.69. The number of aryl methyl sites for hydroxylation is 1. The molecule has 0 saturated carbocycles. The Morgan fingerprint density at radius 3 is 2.58 bits per heavy atom. The van der Waals surface area contributed by atoms with Gasteiger partial charge in [-0.1, -0.05) is 48.5 Å². The Bertz CT molecular complexity index is 1170. The van der Waals surface area contributed by atoms with E-state index in [0.717, 1.165) is 18.4 Å². The van der Waals surface area contributed by atoms with Crippen molar-refractivity contribution in [2.75, 3.05) is 13.1 Å². The number of aromatic nitrogens is 2. The largest absolute Gasteiger partial charge is 0.339 e. The summed E-state index contributed by atoms with van der Waals surface area (Å²) in [4.78, 5) is 6.58. The summed E-state index contributed by atoms with van der Waals surface area (Å²) >= 11 is 0. The standard InChI is InChI=1S/C24H28N4O2S/c1-27-16-24(25-17-27)31(29,30)26-15-19-8-9-20-14-23(28-10-5-11-28)22(21(20)13-19)12-18-6-3-2-4-7-18/h2-4,6-9,13,16-17,22-23,26H,5,10-12,14-15H2,1H3. The van der Waals surface area contributed by atoms with E-state index in [0.29, 0.717) is 12.0 Å². The van der Waals surface area contributed by atoms with E-state index >= 15 is 0 Å². The molecule has 1 aliphatic heterocycles. The Balaban J connectivity index is 1.38. The van der Waals surface area contributed by atoms with Crippen LogP contribution in [0.1, 0.15) is 34.6 Å². The van der Waals surface area contributed by atoms with Crippen molar-refractivity contribution in [3.8, 4) is 0 Å². The van der Waals surface area contributed by atoms with Gasteiger partial charge in [-0.05, 0) is 54.6 Å². The van der Waals surface area contributed by atoms with E-state index in [4.69, 9.17) is 0 Å². The van der Waals surface area contributed by atoms with Gasteiger partial charge in [0.25, 0.3) is 10.0 Å². The van der Waals surface area contributed by atoms with Crippen LogP contribution in [0, 0.1) is 0 Å². The zero-order valence-electron chi connectivity index (χ0n) is 17.7. The highest BCUT2D eigenvalue weighted by atomic mass is 32.2. The summed E-state index contributed by atoms with van der Waals surface area (Å²) in [6.45, 7) is 2.62. The number of hydrogen-bond acceptors (Lipinski definition) is 4. The molecule has 162 valence electrons. The maximum atomic E-state index is 12.6. The Hall–Kier alpha value is -2.48. The molecule has 1 saturated heterocycles. The van der Waals surface area contributed by atoms with Crippen molar-refractivity contribution >= 4 is 10.0 Å². The average molecular weight is 437 g/mol. The van der Waals surface area contributed by atoms with Crippen molar-refractivity contribution in [3.63, 3.8) is 0 Å². The van der Waals surface area contributed by atoms with Crippen molar-refractivity contribution in [1.82, 2.24) is 19.2 Å². The minimum atomic E-state index is -3.62. The summed E-state index contributed by atoms with van der Waals surface area (Å²) in [5.74, 6) is 0.435. The van der Waals surface area contributed by atoms with Crippen LogP contribution in [0.25, 0.3) is 0 Å². The molecule has 5 rings (SSSR count). The first-order valence-corrected chi connectivity index (χ1v) is 12.4. The quantitative estimate of drug-likeness (QED) is 0.619. The molecule has 1 aliphatic carbocycles. The van der Waals surface area contributed by atoms with Crippen molar-refractivity contribution in [2.24, 2.45) is 7.05 Å². The molecular formula is C24H28N4O2S. The topological polar surface area (TPSA) is 67.2 Å². The number of imidazole rings is 1. The lowest BCUT2D eigenvalue weighted by molar-refractivity contribution is 0.106. The molecule has 6 nitrogen and oxygen atoms in total. The van der Waals surface area contributed by atoms with Gasteiger partial charge in [-0.25, -0.2) is 18.1 Å². The lowest BCUT2D eigenvalue weighted by Crippen LogP contribution is -2.47. The van der Waals surface area contributed by atoms with Gasteiger partial charge in [0.1, 0.15) is 0 Å². The molecular weight excluding hydrogens is 408 g/mol. The highest BCUT2D eigenvalue weighted by Gasteiger charge is 2.38. The molecule has 1 N–H and O–H groups in total. The van der Waals surface area contributed by atoms with E-state index in [1.165, 1.54) is 48.7 Å². The number of nitrogens with zero attached hydrogens (tertiary/aromatic N) is 3. The van der Waals surface area contributed by atoms with Crippen LogP contribution in [0.2, 0.25) is 0 Å². The van der Waals surface area contributed by atoms with Gasteiger partial charge in [0.05, 0.1) is 6.33 Å². The Kier molecular flexibility index (Phi) is 5.42. The minimum absolute atomic E-state index is 0.0518. The van der Waals surface area contributed by atoms with Gasteiger partial charge in [0.2, 0.25) is 0 Å². The summed E-state index contributed by atoms with van der Waals surface area (Å²) < 4.78 is 29.4. The molecule has 2 atom stereocenters. The van der Waals surface area contributed by atoms with Crippen LogP contribution in [0.4, 0.5) is 0 Å². The molecule has 2 aliphatic rings. The Labute approximate surface area is 184 Å². The molecule has 31 heavy (non-hydrogen) atoms. The van der Waals surface area contributed by atoms with Gasteiger partial charge in [-0.2, -0.15) is 0 Å². The van der Waals surface area contributed by atoms with E-state index in [9.17, 15) is 8.42 Å². The lowest BCUT2D eigenvalue weighted by Gasteiger charge is -2.39. The first-order valence-electron chi connectivity index (χ1n) is 10.9. The fourth-order valence-corrected chi connectivity index (χ4v) is 5.81. The SMILES string of the molecule is Cn1cnc(S(=O)(=O)NCc2ccc3c(c2)C(Cc2ccccc2)C(N2CCC2)C3)c1. The zero-order chi connectivity index (χ0) is 21.4. The van der Waals surface area contributed by atoms with Crippen molar-refractivity contribution in [2.45, 2.75) is 42.8 Å². The molecule has 0 bridgehead atoms. The third-order valence-corrected chi connectivity index (χ3v) is 7.87. The third-order valence-electron chi connectivity index (χ3n) is 6.58. The molecule has 3 aromatic rings. The van der Waals surface area contributed by atoms with Crippen LogP contribution >= 0.6 is 0 Å². The predicted octanol–water partition coefficient (Wildman–Crippen LogP) is 2.86. The highest BCUT2D eigenvalue weighted by Crippen LogP contribution is 2.40. The van der Waals surface area contributed by atoms with E-state index < -0.39 is 10.0 Å². The summed E-state index contributed by atoms with van der Waals surface area (Å²) in [6.07, 6.45) is 6.38. The molecule has 2 aromatic carbocycles. The number of nitrogens with one attached hydrogen (secondary N) is 1. The van der Waals surface area contributed by atoms with Crippen LogP contribution in [0.5, 0.6) is 0 Å². The summed E-state index contributed by atoms with van der Waals surface area (Å²) in [6, 6.07) is 17.7. The molecule has 2 unspecified atom stereocenters. The van der Waals surface area contributed by atoms with Crippen LogP contribution in [-0.4, -0.2) is 42.0 Å². The number of sulfonamides is 1. The Morgan fingerprint density at radius 1 is 1.10 bits per heavy atom. The summed E-state index contributed by atoms with van der Waals surface area (Å²) in [5.41, 5.74) is 5.11. The van der Waals surface area contributed by atoms with Crippen molar-refractivity contribution in [3.05, 3.63) is 83.3 Å². The van der Waals surface area contributed by atoms with Gasteiger partial charge in [-0.15, -0.1) is 0 Å². The molecule has 0 amide bonds. The number of likely N-dealkylation sites (tertiary alicyclic amines) is 1. The van der Waals surface area contributed by atoms with Gasteiger partial charge in [0.15, 0.2) is 5.03 Å². The van der Waals surface area contributed by atoms with Gasteiger partial charge < -0.3 is 4.57 Å². The molecule has 0 radical (unpaired) electrons. The lowest BCUT2D eigenvalue weighted by atomic mass is 9.88. The number of rotatable bonds is 7. The highest BCUT2D eigenvalue weighted by molar-refractivity contribution is 7.89. The van der Waals surface area contributed by atoms with E-state index in [2.05, 4.69) is 63.1 Å². The van der Waals surface area contributed by atoms with E-state index in [1.807, 2.05) is 0 Å². The maximum Gasteiger partial charge on any atom is 0.259 e. The van der Waals surface area contributed by atoms with Crippen molar-refractivity contribution in [1.29, 1.82) is 0 Å². The second kappa shape index (κ2) is 8.22. The van der Waals surface area contributed by atoms with Crippen molar-refractivity contribution < 1.29 is 8.42 Å². The molecule has 1 aromatic heterocycles. The summed E-state index contributed by atoms with van der Waals surface area (Å²) in [5, 5.41) is 0.0518. The van der Waals surface area contributed by atoms with Gasteiger partial charge >= 0.3 is 0 Å². The molecule has 1 fully saturated rings. The maximum absolute atomic E-state index is 12.6. The number of hydrogen-bond donors (Lipinski definition) is 1. The van der Waals surface area contributed by atoms with Crippen LogP contribution in [0.15, 0.2) is 66.1 Å². The van der Waals surface area contributed by atoms with Gasteiger partial charge in [-0.3, -0.25) is 4.90 Å². The number of benzene rings is 2. The predicted molar refractivity (Wildman–Crippen MR) is 120 cm³/mol. The minimum Gasteiger partial charge on any atom is -0.339 e. The number of fused-ring (bicyclic) bond motifs is 1. The summed E-state index contributed by atoms with van der Waals surface area (Å²) in [7, 11) is -1.87. The van der Waals surface area contributed by atoms with Crippen LogP contribution in [-0.2, 0) is 36.5 Å². The fourth-order valence-electron chi connectivity index (χ4n) is 4.81. The Morgan fingerprint density at radius 2 is 1.90 bits per heavy atom. The van der Waals surface area contributed by atoms with E-state index in [-0.39, 0.29) is 11.6 Å². The monoisotopic (exact) mass is 436 g/mol. The third kappa shape index (κ3) is 4.18. The normalized spacial score (nSPS) is 21.1. The smallest absolute Gasteiger partial charge is 0.259 e. The van der Waals surface area contributed by atoms with E-state index in [1.54, 1.807) is 11.6 Å². The fraction of sp³-hybridized carbons (Fsp3) is 0.375. The van der Waals surface area contributed by atoms with Gasteiger partial charge in [0, 0.05) is 31.7 Å². The molecule has 2 heterocycles. The average Bonchev–Trinajstić information content (AvgIpc) is 3.31.